The molecule has 5 nitrogen and oxygen atoms in total. The van der Waals surface area contributed by atoms with E-state index in [1.54, 1.807) is 10.6 Å². The summed E-state index contributed by atoms with van der Waals surface area (Å²) in [5.41, 5.74) is 3.62. The van der Waals surface area contributed by atoms with Crippen molar-refractivity contribution < 1.29 is 9.90 Å². The summed E-state index contributed by atoms with van der Waals surface area (Å²) < 4.78 is 1.63. The van der Waals surface area contributed by atoms with E-state index in [0.29, 0.717) is 17.5 Å². The summed E-state index contributed by atoms with van der Waals surface area (Å²) in [6, 6.07) is 11.2. The van der Waals surface area contributed by atoms with Gasteiger partial charge in [-0.2, -0.15) is 0 Å². The van der Waals surface area contributed by atoms with Gasteiger partial charge in [0.05, 0.1) is 5.52 Å². The number of anilines is 1. The number of aryl methyl sites for hydroxylation is 2. The van der Waals surface area contributed by atoms with Gasteiger partial charge in [-0.1, -0.05) is 24.3 Å². The predicted octanol–water partition coefficient (Wildman–Crippen LogP) is 3.69. The van der Waals surface area contributed by atoms with Crippen molar-refractivity contribution in [3.8, 4) is 5.75 Å². The SMILES string of the molecule is Cc1ccc(C)c(NC(=O)c2c(O)c3cccc4c3n(c2=O)C(C)C4)c1. The molecule has 0 radical (unpaired) electrons. The van der Waals surface area contributed by atoms with E-state index in [0.717, 1.165) is 22.2 Å². The molecule has 0 saturated carbocycles. The van der Waals surface area contributed by atoms with Gasteiger partial charge in [0, 0.05) is 17.1 Å². The quantitative estimate of drug-likeness (QED) is 0.742. The van der Waals surface area contributed by atoms with Crippen LogP contribution < -0.4 is 10.9 Å². The Morgan fingerprint density at radius 3 is 2.77 bits per heavy atom. The minimum Gasteiger partial charge on any atom is -0.506 e. The number of carbonyl (C=O) groups excluding carboxylic acids is 1. The molecule has 0 bridgehead atoms. The molecular formula is C21H20N2O3. The highest BCUT2D eigenvalue weighted by Gasteiger charge is 2.29. The van der Waals surface area contributed by atoms with Crippen LogP contribution in [0, 0.1) is 13.8 Å². The molecule has 5 heteroatoms. The van der Waals surface area contributed by atoms with Gasteiger partial charge >= 0.3 is 0 Å². The fourth-order valence-corrected chi connectivity index (χ4v) is 3.78. The number of hydrogen-bond acceptors (Lipinski definition) is 3. The van der Waals surface area contributed by atoms with E-state index in [1.165, 1.54) is 0 Å². The molecule has 1 aliphatic heterocycles. The maximum absolute atomic E-state index is 13.0. The third-order valence-corrected chi connectivity index (χ3v) is 5.11. The third-order valence-electron chi connectivity index (χ3n) is 5.11. The number of rotatable bonds is 2. The number of aromatic hydroxyl groups is 1. The zero-order chi connectivity index (χ0) is 18.6. The maximum atomic E-state index is 13.0. The van der Waals surface area contributed by atoms with Crippen molar-refractivity contribution in [1.82, 2.24) is 4.57 Å². The summed E-state index contributed by atoms with van der Waals surface area (Å²) in [7, 11) is 0. The molecule has 0 saturated heterocycles. The number of para-hydroxylation sites is 1. The van der Waals surface area contributed by atoms with Crippen LogP contribution in [0.3, 0.4) is 0 Å². The zero-order valence-electron chi connectivity index (χ0n) is 15.0. The Bertz CT molecular complexity index is 1130. The molecule has 2 aromatic carbocycles. The van der Waals surface area contributed by atoms with Crippen LogP contribution >= 0.6 is 0 Å². The lowest BCUT2D eigenvalue weighted by atomic mass is 10.1. The van der Waals surface area contributed by atoms with Gasteiger partial charge in [-0.3, -0.25) is 9.59 Å². The average molecular weight is 348 g/mol. The zero-order valence-corrected chi connectivity index (χ0v) is 15.0. The summed E-state index contributed by atoms with van der Waals surface area (Å²) in [5, 5.41) is 14.0. The van der Waals surface area contributed by atoms with Crippen molar-refractivity contribution in [2.75, 3.05) is 5.32 Å². The topological polar surface area (TPSA) is 71.3 Å². The van der Waals surface area contributed by atoms with E-state index in [1.807, 2.05) is 51.1 Å². The first-order valence-corrected chi connectivity index (χ1v) is 8.66. The Balaban J connectivity index is 1.89. The van der Waals surface area contributed by atoms with Crippen molar-refractivity contribution >= 4 is 22.5 Å². The van der Waals surface area contributed by atoms with Crippen LogP contribution in [-0.2, 0) is 6.42 Å². The number of pyridine rings is 1. The Morgan fingerprint density at radius 2 is 2.00 bits per heavy atom. The number of benzene rings is 2. The van der Waals surface area contributed by atoms with Gasteiger partial charge in [0.15, 0.2) is 0 Å². The van der Waals surface area contributed by atoms with Gasteiger partial charge in [0.1, 0.15) is 11.3 Å². The minimum absolute atomic E-state index is 0.0461. The highest BCUT2D eigenvalue weighted by atomic mass is 16.3. The number of carbonyl (C=O) groups is 1. The van der Waals surface area contributed by atoms with Gasteiger partial charge in [-0.15, -0.1) is 0 Å². The van der Waals surface area contributed by atoms with E-state index in [4.69, 9.17) is 0 Å². The second-order valence-electron chi connectivity index (χ2n) is 7.04. The van der Waals surface area contributed by atoms with Gasteiger partial charge in [0.2, 0.25) is 0 Å². The lowest BCUT2D eigenvalue weighted by molar-refractivity contribution is 0.102. The molecule has 4 rings (SSSR count). The largest absolute Gasteiger partial charge is 0.506 e. The van der Waals surface area contributed by atoms with Gasteiger partial charge in [-0.25, -0.2) is 0 Å². The van der Waals surface area contributed by atoms with E-state index in [9.17, 15) is 14.7 Å². The Kier molecular flexibility index (Phi) is 3.61. The van der Waals surface area contributed by atoms with Crippen LogP contribution in [0.2, 0.25) is 0 Å². The van der Waals surface area contributed by atoms with Crippen LogP contribution in [0.15, 0.2) is 41.2 Å². The van der Waals surface area contributed by atoms with E-state index in [-0.39, 0.29) is 17.4 Å². The Hall–Kier alpha value is -3.08. The monoisotopic (exact) mass is 348 g/mol. The van der Waals surface area contributed by atoms with Crippen molar-refractivity contribution in [3.63, 3.8) is 0 Å². The van der Waals surface area contributed by atoms with E-state index < -0.39 is 11.5 Å². The van der Waals surface area contributed by atoms with E-state index >= 15 is 0 Å². The Morgan fingerprint density at radius 1 is 1.23 bits per heavy atom. The van der Waals surface area contributed by atoms with Crippen LogP contribution in [0.4, 0.5) is 5.69 Å². The van der Waals surface area contributed by atoms with Crippen molar-refractivity contribution in [3.05, 3.63) is 69.0 Å². The molecule has 26 heavy (non-hydrogen) atoms. The molecule has 1 aromatic heterocycles. The molecule has 2 N–H and O–H groups in total. The Labute approximate surface area is 150 Å². The second-order valence-corrected chi connectivity index (χ2v) is 7.04. The van der Waals surface area contributed by atoms with Crippen molar-refractivity contribution in [2.45, 2.75) is 33.2 Å². The average Bonchev–Trinajstić information content (AvgIpc) is 2.93. The molecule has 0 aliphatic carbocycles. The third kappa shape index (κ3) is 2.31. The molecule has 132 valence electrons. The molecular weight excluding hydrogens is 328 g/mol. The first-order chi connectivity index (χ1) is 12.4. The number of nitrogens with zero attached hydrogens (tertiary/aromatic N) is 1. The summed E-state index contributed by atoms with van der Waals surface area (Å²) in [6.07, 6.45) is 0.716. The summed E-state index contributed by atoms with van der Waals surface area (Å²) in [6.45, 7) is 5.77. The highest BCUT2D eigenvalue weighted by molar-refractivity contribution is 6.09. The molecule has 1 atom stereocenters. The minimum atomic E-state index is -0.587. The first-order valence-electron chi connectivity index (χ1n) is 8.66. The standard InChI is InChI=1S/C21H20N2O3/c1-11-7-8-12(2)16(9-11)22-20(25)17-19(24)15-6-4-5-14-10-13(3)23(18(14)15)21(17)26/h4-9,13,24H,10H2,1-3H3,(H,22,25). The number of hydrogen-bond donors (Lipinski definition) is 2. The molecule has 3 aromatic rings. The summed E-state index contributed by atoms with van der Waals surface area (Å²) in [5.74, 6) is -0.837. The molecule has 2 heterocycles. The maximum Gasteiger partial charge on any atom is 0.268 e. The fraction of sp³-hybridized carbons (Fsp3) is 0.238. The molecule has 1 unspecified atom stereocenters. The lowest BCUT2D eigenvalue weighted by Gasteiger charge is -2.15. The lowest BCUT2D eigenvalue weighted by Crippen LogP contribution is -2.30. The number of nitrogens with one attached hydrogen (secondary N) is 1. The number of amides is 1. The van der Waals surface area contributed by atoms with Gasteiger partial charge in [0.25, 0.3) is 11.5 Å². The van der Waals surface area contributed by atoms with E-state index in [2.05, 4.69) is 5.32 Å². The van der Waals surface area contributed by atoms with Crippen molar-refractivity contribution in [1.29, 1.82) is 0 Å². The summed E-state index contributed by atoms with van der Waals surface area (Å²) >= 11 is 0. The highest BCUT2D eigenvalue weighted by Crippen LogP contribution is 2.36. The molecule has 1 amide bonds. The second kappa shape index (κ2) is 5.73. The normalized spacial score (nSPS) is 15.4. The predicted molar refractivity (Wildman–Crippen MR) is 102 cm³/mol. The van der Waals surface area contributed by atoms with Crippen LogP contribution in [0.1, 0.15) is 40.0 Å². The fourth-order valence-electron chi connectivity index (χ4n) is 3.78. The molecule has 1 aliphatic rings. The van der Waals surface area contributed by atoms with Crippen LogP contribution in [0.25, 0.3) is 10.9 Å². The number of aromatic nitrogens is 1. The first kappa shape index (κ1) is 16.4. The molecule has 0 fully saturated rings. The molecule has 0 spiro atoms. The summed E-state index contributed by atoms with van der Waals surface area (Å²) in [4.78, 5) is 25.9. The van der Waals surface area contributed by atoms with Gasteiger partial charge in [-0.05, 0) is 56.0 Å². The van der Waals surface area contributed by atoms with Gasteiger partial charge < -0.3 is 15.0 Å². The van der Waals surface area contributed by atoms with Crippen molar-refractivity contribution in [2.24, 2.45) is 0 Å². The smallest absolute Gasteiger partial charge is 0.268 e. The van der Waals surface area contributed by atoms with Crippen LogP contribution in [-0.4, -0.2) is 15.6 Å². The van der Waals surface area contributed by atoms with Crippen LogP contribution in [0.5, 0.6) is 5.75 Å².